The first-order valence-electron chi connectivity index (χ1n) is 13.3. The molecule has 40 heavy (non-hydrogen) atoms. The highest BCUT2D eigenvalue weighted by Crippen LogP contribution is 2.53. The summed E-state index contributed by atoms with van der Waals surface area (Å²) >= 11 is 1.87. The van der Waals surface area contributed by atoms with Crippen LogP contribution in [0.2, 0.25) is 0 Å². The van der Waals surface area contributed by atoms with Crippen molar-refractivity contribution in [2.75, 3.05) is 57.7 Å². The lowest BCUT2D eigenvalue weighted by atomic mass is 9.58. The third-order valence-corrected chi connectivity index (χ3v) is 9.70. The summed E-state index contributed by atoms with van der Waals surface area (Å²) in [6.07, 6.45) is 0.322. The second-order valence-corrected chi connectivity index (χ2v) is 12.7. The Kier molecular flexibility index (Phi) is 7.18. The van der Waals surface area contributed by atoms with E-state index < -0.39 is 58.0 Å². The number of fused-ring (bicyclic) bond motifs is 3. The molecule has 0 saturated carbocycles. The van der Waals surface area contributed by atoms with E-state index in [-0.39, 0.29) is 29.7 Å². The van der Waals surface area contributed by atoms with E-state index in [1.54, 1.807) is 19.0 Å². The van der Waals surface area contributed by atoms with Gasteiger partial charge in [-0.2, -0.15) is 11.8 Å². The number of ketones is 2. The molecule has 0 aromatic heterocycles. The van der Waals surface area contributed by atoms with Crippen LogP contribution in [0.5, 0.6) is 5.75 Å². The van der Waals surface area contributed by atoms with E-state index in [1.807, 2.05) is 36.8 Å². The van der Waals surface area contributed by atoms with E-state index in [0.717, 1.165) is 30.3 Å². The van der Waals surface area contributed by atoms with Crippen LogP contribution in [0.25, 0.3) is 0 Å². The van der Waals surface area contributed by atoms with Crippen molar-refractivity contribution in [3.63, 3.8) is 0 Å². The van der Waals surface area contributed by atoms with Gasteiger partial charge in [-0.15, -0.1) is 0 Å². The first-order chi connectivity index (χ1) is 18.8. The van der Waals surface area contributed by atoms with Crippen molar-refractivity contribution in [2.24, 2.45) is 17.6 Å². The number of primary amides is 1. The number of carbonyl (C=O) groups excluding carboxylic acids is 3. The summed E-state index contributed by atoms with van der Waals surface area (Å²) in [5, 5.41) is 45.6. The number of nitrogens with two attached hydrogens (primary N) is 1. The summed E-state index contributed by atoms with van der Waals surface area (Å²) in [6, 6.07) is 0.884. The number of aromatic hydroxyl groups is 1. The van der Waals surface area contributed by atoms with Crippen molar-refractivity contribution in [2.45, 2.75) is 31.0 Å². The summed E-state index contributed by atoms with van der Waals surface area (Å²) in [5.41, 5.74) is 3.82. The summed E-state index contributed by atoms with van der Waals surface area (Å²) in [7, 11) is 6.93. The molecular weight excluding hydrogens is 536 g/mol. The highest BCUT2D eigenvalue weighted by Gasteiger charge is 2.63. The minimum Gasteiger partial charge on any atom is -0.510 e. The van der Waals surface area contributed by atoms with Gasteiger partial charge in [0, 0.05) is 68.0 Å². The number of anilines is 1. The minimum absolute atomic E-state index is 0.0494. The molecule has 1 aromatic carbocycles. The summed E-state index contributed by atoms with van der Waals surface area (Å²) < 4.78 is 0. The Morgan fingerprint density at radius 2 is 1.80 bits per heavy atom. The van der Waals surface area contributed by atoms with E-state index in [2.05, 4.69) is 4.90 Å². The average Bonchev–Trinajstić information content (AvgIpc) is 2.87. The number of Topliss-reactive ketones (excluding diaryl/α,β-unsaturated/α-hetero) is 2. The van der Waals surface area contributed by atoms with Crippen molar-refractivity contribution < 1.29 is 34.8 Å². The van der Waals surface area contributed by atoms with Crippen LogP contribution in [0, 0.1) is 11.8 Å². The molecule has 4 atom stereocenters. The van der Waals surface area contributed by atoms with Gasteiger partial charge in [-0.1, -0.05) is 0 Å². The molecule has 4 aliphatic rings. The molecule has 11 nitrogen and oxygen atoms in total. The lowest BCUT2D eigenvalue weighted by Gasteiger charge is -2.50. The largest absolute Gasteiger partial charge is 0.510 e. The molecule has 1 heterocycles. The van der Waals surface area contributed by atoms with Crippen LogP contribution in [0.4, 0.5) is 5.69 Å². The molecule has 0 spiro atoms. The summed E-state index contributed by atoms with van der Waals surface area (Å²) in [6.45, 7) is 2.16. The van der Waals surface area contributed by atoms with Crippen LogP contribution in [-0.4, -0.2) is 112 Å². The third-order valence-electron chi connectivity index (χ3n) is 8.76. The van der Waals surface area contributed by atoms with Gasteiger partial charge in [0.1, 0.15) is 22.8 Å². The minimum atomic E-state index is -2.65. The van der Waals surface area contributed by atoms with Crippen LogP contribution < -0.4 is 10.6 Å². The Balaban J connectivity index is 1.67. The van der Waals surface area contributed by atoms with Gasteiger partial charge < -0.3 is 31.1 Å². The number of rotatable bonds is 5. The lowest BCUT2D eigenvalue weighted by Crippen LogP contribution is -2.63. The monoisotopic (exact) mass is 572 g/mol. The van der Waals surface area contributed by atoms with Crippen LogP contribution >= 0.6 is 11.8 Å². The number of aliphatic hydroxyl groups is 3. The van der Waals surface area contributed by atoms with Crippen molar-refractivity contribution in [1.82, 2.24) is 9.80 Å². The van der Waals surface area contributed by atoms with E-state index >= 15 is 0 Å². The molecule has 1 aromatic rings. The standard InChI is InChI=1S/C28H36N4O7S/c1-30(2)17-11-14(12-32-5-7-40-8-6-32)22(33)19-15(17)9-13-10-16-21(31(3)4)24(35)20(27(29)38)26(37)28(16,39)25(36)18(13)23(19)34/h11,13,16,21,33,35-36,39H,5-10,12H2,1-4H3,(H2,29,38)/t13-,16-,21-,28-/m0/s1. The van der Waals surface area contributed by atoms with Gasteiger partial charge in [0.05, 0.1) is 11.6 Å². The van der Waals surface area contributed by atoms with Crippen LogP contribution in [0.1, 0.15) is 27.9 Å². The lowest BCUT2D eigenvalue weighted by molar-refractivity contribution is -0.148. The fourth-order valence-electron chi connectivity index (χ4n) is 6.87. The van der Waals surface area contributed by atoms with Crippen molar-refractivity contribution in [3.05, 3.63) is 45.4 Å². The van der Waals surface area contributed by atoms with Crippen LogP contribution in [0.15, 0.2) is 28.7 Å². The molecular formula is C28H36N4O7S. The Morgan fingerprint density at radius 3 is 2.38 bits per heavy atom. The average molecular weight is 573 g/mol. The Bertz CT molecular complexity index is 1360. The van der Waals surface area contributed by atoms with Crippen molar-refractivity contribution in [3.8, 4) is 5.75 Å². The molecule has 1 saturated heterocycles. The Hall–Kier alpha value is -3.06. The fourth-order valence-corrected chi connectivity index (χ4v) is 7.85. The highest BCUT2D eigenvalue weighted by atomic mass is 32.2. The third kappa shape index (κ3) is 4.11. The zero-order chi connectivity index (χ0) is 29.3. The summed E-state index contributed by atoms with van der Waals surface area (Å²) in [5.74, 6) is -4.44. The van der Waals surface area contributed by atoms with Crippen LogP contribution in [0.3, 0.4) is 0 Å². The number of hydrogen-bond donors (Lipinski definition) is 5. The van der Waals surface area contributed by atoms with Gasteiger partial charge in [-0.25, -0.2) is 0 Å². The summed E-state index contributed by atoms with van der Waals surface area (Å²) in [4.78, 5) is 45.4. The molecule has 1 aliphatic heterocycles. The number of phenols is 1. The number of phenolic OH excluding ortho intramolecular Hbond substituents is 1. The molecule has 6 N–H and O–H groups in total. The molecule has 12 heteroatoms. The predicted molar refractivity (Wildman–Crippen MR) is 151 cm³/mol. The molecule has 1 amide bonds. The van der Waals surface area contributed by atoms with Gasteiger partial charge >= 0.3 is 0 Å². The number of allylic oxidation sites excluding steroid dienone is 1. The highest BCUT2D eigenvalue weighted by molar-refractivity contribution is 7.99. The second kappa shape index (κ2) is 10.1. The van der Waals surface area contributed by atoms with Crippen molar-refractivity contribution in [1.29, 1.82) is 0 Å². The number of amides is 1. The molecule has 0 radical (unpaired) electrons. The quantitative estimate of drug-likeness (QED) is 0.316. The maximum Gasteiger partial charge on any atom is 0.255 e. The van der Waals surface area contributed by atoms with E-state index in [4.69, 9.17) is 5.73 Å². The SMILES string of the molecule is CN(C)c1cc(CN2CCSCC2)c(O)c2c1C[C@H]1C[C@H]3[C@H](N(C)C)C(O)=C(C(N)=O)C(=O)[C@@]3(O)C(O)=C1C2=O. The number of likely N-dealkylation sites (N-methyl/N-ethyl adjacent to an activating group) is 1. The van der Waals surface area contributed by atoms with Crippen molar-refractivity contribution >= 4 is 34.9 Å². The molecule has 0 unspecified atom stereocenters. The van der Waals surface area contributed by atoms with Gasteiger partial charge in [-0.05, 0) is 44.5 Å². The number of carbonyl (C=O) groups is 3. The van der Waals surface area contributed by atoms with E-state index in [9.17, 15) is 34.8 Å². The van der Waals surface area contributed by atoms with Gasteiger partial charge in [0.15, 0.2) is 11.4 Å². The van der Waals surface area contributed by atoms with E-state index in [1.165, 1.54) is 0 Å². The first kappa shape index (κ1) is 28.5. The normalized spacial score (nSPS) is 28.9. The second-order valence-electron chi connectivity index (χ2n) is 11.5. The Morgan fingerprint density at radius 1 is 1.15 bits per heavy atom. The number of thioether (sulfide) groups is 1. The van der Waals surface area contributed by atoms with E-state index in [0.29, 0.717) is 17.7 Å². The van der Waals surface area contributed by atoms with Gasteiger partial charge in [0.25, 0.3) is 5.91 Å². The number of aliphatic hydroxyl groups excluding tert-OH is 2. The topological polar surface area (TPSA) is 168 Å². The smallest absolute Gasteiger partial charge is 0.255 e. The Labute approximate surface area is 236 Å². The zero-order valence-corrected chi connectivity index (χ0v) is 23.9. The predicted octanol–water partition coefficient (Wildman–Crippen LogP) is 0.735. The number of hydrogen-bond acceptors (Lipinski definition) is 11. The van der Waals surface area contributed by atoms with Gasteiger partial charge in [-0.3, -0.25) is 24.2 Å². The maximum atomic E-state index is 14.1. The van der Waals surface area contributed by atoms with Crippen LogP contribution in [-0.2, 0) is 22.6 Å². The number of benzene rings is 1. The molecule has 5 rings (SSSR count). The van der Waals surface area contributed by atoms with Gasteiger partial charge in [0.2, 0.25) is 5.78 Å². The zero-order valence-electron chi connectivity index (χ0n) is 23.1. The maximum absolute atomic E-state index is 14.1. The molecule has 0 bridgehead atoms. The fraction of sp³-hybridized carbons (Fsp3) is 0.536. The molecule has 216 valence electrons. The molecule has 3 aliphatic carbocycles. The molecule has 1 fully saturated rings. The number of nitrogens with zero attached hydrogens (tertiary/aromatic N) is 3. The first-order valence-corrected chi connectivity index (χ1v) is 14.5.